The van der Waals surface area contributed by atoms with Gasteiger partial charge in [-0.05, 0) is 24.3 Å². The van der Waals surface area contributed by atoms with Crippen molar-refractivity contribution in [2.45, 2.75) is 0 Å². The minimum Gasteiger partial charge on any atom is -0.399 e. The van der Waals surface area contributed by atoms with Crippen molar-refractivity contribution in [2.75, 3.05) is 31.7 Å². The number of nitrogens with zero attached hydrogens (tertiary/aromatic N) is 1. The summed E-state index contributed by atoms with van der Waals surface area (Å²) in [7, 11) is 3.25. The van der Waals surface area contributed by atoms with Gasteiger partial charge in [0, 0.05) is 25.5 Å². The Morgan fingerprint density at radius 2 is 1.82 bits per heavy atom. The van der Waals surface area contributed by atoms with Crippen LogP contribution in [0.15, 0.2) is 24.3 Å². The van der Waals surface area contributed by atoms with Crippen molar-refractivity contribution in [3.8, 4) is 0 Å². The van der Waals surface area contributed by atoms with Crippen LogP contribution in [0.1, 0.15) is 0 Å². The first-order valence-electron chi connectivity index (χ1n) is 5.09. The fraction of sp³-hybridized carbons (Fsp3) is 0.273. The smallest absolute Gasteiger partial charge is 0.319 e. The van der Waals surface area contributed by atoms with E-state index >= 15 is 0 Å². The molecule has 1 aromatic carbocycles. The molecule has 0 aliphatic carbocycles. The third-order valence-corrected chi connectivity index (χ3v) is 2.07. The second-order valence-corrected chi connectivity index (χ2v) is 3.72. The molecule has 4 N–H and O–H groups in total. The number of urea groups is 1. The maximum absolute atomic E-state index is 11.4. The first-order valence-corrected chi connectivity index (χ1v) is 5.09. The lowest BCUT2D eigenvalue weighted by atomic mass is 10.3. The molecule has 6 nitrogen and oxygen atoms in total. The SMILES string of the molecule is CN(C)C(=O)CNC(=O)Nc1ccc(N)cc1. The van der Waals surface area contributed by atoms with Crippen LogP contribution in [0.2, 0.25) is 0 Å². The standard InChI is InChI=1S/C11H16N4O2/c1-15(2)10(16)7-13-11(17)14-9-5-3-8(12)4-6-9/h3-6H,7,12H2,1-2H3,(H2,13,14,17). The quantitative estimate of drug-likeness (QED) is 0.667. The Kier molecular flexibility index (Phi) is 4.33. The zero-order valence-electron chi connectivity index (χ0n) is 9.86. The Labute approximate surface area is 99.8 Å². The molecular formula is C11H16N4O2. The summed E-state index contributed by atoms with van der Waals surface area (Å²) in [5.41, 5.74) is 6.75. The fourth-order valence-electron chi connectivity index (χ4n) is 1.06. The topological polar surface area (TPSA) is 87.5 Å². The van der Waals surface area contributed by atoms with E-state index in [2.05, 4.69) is 10.6 Å². The van der Waals surface area contributed by atoms with Gasteiger partial charge in [0.25, 0.3) is 0 Å². The lowest BCUT2D eigenvalue weighted by Crippen LogP contribution is -2.38. The summed E-state index contributed by atoms with van der Waals surface area (Å²) in [6.45, 7) is -0.0339. The molecule has 1 rings (SSSR count). The molecule has 1 aromatic rings. The highest BCUT2D eigenvalue weighted by molar-refractivity contribution is 5.92. The second-order valence-electron chi connectivity index (χ2n) is 3.72. The average Bonchev–Trinajstić information content (AvgIpc) is 2.29. The number of anilines is 2. The molecule has 0 radical (unpaired) electrons. The third-order valence-electron chi connectivity index (χ3n) is 2.07. The number of benzene rings is 1. The van der Waals surface area contributed by atoms with E-state index in [-0.39, 0.29) is 12.5 Å². The van der Waals surface area contributed by atoms with E-state index in [0.29, 0.717) is 11.4 Å². The highest BCUT2D eigenvalue weighted by Gasteiger charge is 2.06. The Hall–Kier alpha value is -2.24. The Morgan fingerprint density at radius 1 is 1.24 bits per heavy atom. The van der Waals surface area contributed by atoms with Crippen LogP contribution in [0.4, 0.5) is 16.2 Å². The van der Waals surface area contributed by atoms with Crippen LogP contribution >= 0.6 is 0 Å². The van der Waals surface area contributed by atoms with E-state index < -0.39 is 6.03 Å². The molecule has 0 bridgehead atoms. The van der Waals surface area contributed by atoms with Crippen molar-refractivity contribution in [3.05, 3.63) is 24.3 Å². The normalized spacial score (nSPS) is 9.53. The lowest BCUT2D eigenvalue weighted by Gasteiger charge is -2.11. The van der Waals surface area contributed by atoms with Crippen molar-refractivity contribution in [3.63, 3.8) is 0 Å². The van der Waals surface area contributed by atoms with Gasteiger partial charge in [0.1, 0.15) is 0 Å². The number of nitrogens with two attached hydrogens (primary N) is 1. The van der Waals surface area contributed by atoms with Gasteiger partial charge in [0.2, 0.25) is 5.91 Å². The lowest BCUT2D eigenvalue weighted by molar-refractivity contribution is -0.127. The number of nitrogen functional groups attached to an aromatic ring is 1. The van der Waals surface area contributed by atoms with E-state index in [1.807, 2.05) is 0 Å². The molecular weight excluding hydrogens is 220 g/mol. The maximum atomic E-state index is 11.4. The first-order chi connectivity index (χ1) is 7.99. The van der Waals surface area contributed by atoms with Crippen LogP contribution < -0.4 is 16.4 Å². The van der Waals surface area contributed by atoms with Crippen LogP contribution in [0.3, 0.4) is 0 Å². The predicted molar refractivity (Wildman–Crippen MR) is 66.6 cm³/mol. The van der Waals surface area contributed by atoms with Gasteiger partial charge >= 0.3 is 6.03 Å². The predicted octanol–water partition coefficient (Wildman–Crippen LogP) is 0.479. The van der Waals surface area contributed by atoms with Crippen LogP contribution in [0.25, 0.3) is 0 Å². The number of hydrogen-bond donors (Lipinski definition) is 3. The Bertz CT molecular complexity index is 400. The first kappa shape index (κ1) is 12.8. The van der Waals surface area contributed by atoms with E-state index in [4.69, 9.17) is 5.73 Å². The highest BCUT2D eigenvalue weighted by Crippen LogP contribution is 2.09. The van der Waals surface area contributed by atoms with E-state index in [0.717, 1.165) is 0 Å². The van der Waals surface area contributed by atoms with Crippen molar-refractivity contribution in [1.82, 2.24) is 10.2 Å². The summed E-state index contributed by atoms with van der Waals surface area (Å²) in [6.07, 6.45) is 0. The summed E-state index contributed by atoms with van der Waals surface area (Å²) >= 11 is 0. The fourth-order valence-corrected chi connectivity index (χ4v) is 1.06. The largest absolute Gasteiger partial charge is 0.399 e. The minimum absolute atomic E-state index is 0.0339. The number of amides is 3. The van der Waals surface area contributed by atoms with Gasteiger partial charge in [-0.3, -0.25) is 4.79 Å². The number of hydrogen-bond acceptors (Lipinski definition) is 3. The van der Waals surface area contributed by atoms with Gasteiger partial charge in [-0.15, -0.1) is 0 Å². The second kappa shape index (κ2) is 5.74. The molecule has 0 atom stereocenters. The van der Waals surface area contributed by atoms with Gasteiger partial charge in [-0.1, -0.05) is 0 Å². The molecule has 0 saturated carbocycles. The number of rotatable bonds is 3. The summed E-state index contributed by atoms with van der Waals surface area (Å²) in [5.74, 6) is -0.169. The van der Waals surface area contributed by atoms with Gasteiger partial charge in [0.05, 0.1) is 6.54 Å². The molecule has 0 aromatic heterocycles. The summed E-state index contributed by atoms with van der Waals surface area (Å²) in [5, 5.41) is 5.04. The Balaban J connectivity index is 2.40. The third kappa shape index (κ3) is 4.42. The molecule has 0 heterocycles. The van der Waals surface area contributed by atoms with Gasteiger partial charge in [0.15, 0.2) is 0 Å². The molecule has 92 valence electrons. The molecule has 0 spiro atoms. The monoisotopic (exact) mass is 236 g/mol. The van der Waals surface area contributed by atoms with Crippen LogP contribution in [0, 0.1) is 0 Å². The summed E-state index contributed by atoms with van der Waals surface area (Å²) < 4.78 is 0. The maximum Gasteiger partial charge on any atom is 0.319 e. The molecule has 17 heavy (non-hydrogen) atoms. The van der Waals surface area contributed by atoms with Gasteiger partial charge < -0.3 is 21.3 Å². The van der Waals surface area contributed by atoms with Gasteiger partial charge in [-0.25, -0.2) is 4.79 Å². The molecule has 0 aliphatic rings. The van der Waals surface area contributed by atoms with E-state index in [1.165, 1.54) is 4.90 Å². The number of carbonyl (C=O) groups is 2. The number of carbonyl (C=O) groups excluding carboxylic acids is 2. The molecule has 0 aliphatic heterocycles. The van der Waals surface area contributed by atoms with E-state index in [9.17, 15) is 9.59 Å². The summed E-state index contributed by atoms with van der Waals surface area (Å²) in [6, 6.07) is 6.30. The van der Waals surface area contributed by atoms with Crippen molar-refractivity contribution in [1.29, 1.82) is 0 Å². The van der Waals surface area contributed by atoms with Crippen LogP contribution in [0.5, 0.6) is 0 Å². The number of likely N-dealkylation sites (N-methyl/N-ethyl adjacent to an activating group) is 1. The summed E-state index contributed by atoms with van der Waals surface area (Å²) in [4.78, 5) is 24.0. The van der Waals surface area contributed by atoms with Crippen LogP contribution in [-0.2, 0) is 4.79 Å². The van der Waals surface area contributed by atoms with Crippen LogP contribution in [-0.4, -0.2) is 37.5 Å². The van der Waals surface area contributed by atoms with Crippen molar-refractivity contribution >= 4 is 23.3 Å². The minimum atomic E-state index is -0.426. The molecule has 0 unspecified atom stereocenters. The van der Waals surface area contributed by atoms with Crippen molar-refractivity contribution in [2.24, 2.45) is 0 Å². The number of nitrogens with one attached hydrogen (secondary N) is 2. The zero-order valence-corrected chi connectivity index (χ0v) is 9.86. The molecule has 0 saturated heterocycles. The highest BCUT2D eigenvalue weighted by atomic mass is 16.2. The van der Waals surface area contributed by atoms with E-state index in [1.54, 1.807) is 38.4 Å². The molecule has 3 amide bonds. The zero-order chi connectivity index (χ0) is 12.8. The van der Waals surface area contributed by atoms with Crippen molar-refractivity contribution < 1.29 is 9.59 Å². The van der Waals surface area contributed by atoms with Gasteiger partial charge in [-0.2, -0.15) is 0 Å². The molecule has 0 fully saturated rings. The Morgan fingerprint density at radius 3 is 2.35 bits per heavy atom. The average molecular weight is 236 g/mol. The molecule has 6 heteroatoms.